The van der Waals surface area contributed by atoms with Crippen LogP contribution in [0.1, 0.15) is 32.8 Å². The average Bonchev–Trinajstić information content (AvgIpc) is 2.60. The third-order valence-electron chi connectivity index (χ3n) is 4.14. The van der Waals surface area contributed by atoms with Gasteiger partial charge in [-0.3, -0.25) is 9.69 Å². The largest absolute Gasteiger partial charge is 0.481 e. The van der Waals surface area contributed by atoms with E-state index in [9.17, 15) is 9.59 Å². The van der Waals surface area contributed by atoms with Crippen LogP contribution in [0.25, 0.3) is 0 Å². The summed E-state index contributed by atoms with van der Waals surface area (Å²) in [5.74, 6) is 0.353. The molecule has 1 aromatic rings. The fourth-order valence-corrected chi connectivity index (χ4v) is 3.92. The average molecular weight is 430 g/mol. The molecule has 1 aliphatic heterocycles. The van der Waals surface area contributed by atoms with Gasteiger partial charge in [0.05, 0.1) is 31.7 Å². The Morgan fingerprint density at radius 1 is 1.32 bits per heavy atom. The van der Waals surface area contributed by atoms with Crippen LogP contribution in [0.15, 0.2) is 24.3 Å². The lowest BCUT2D eigenvalue weighted by Crippen LogP contribution is -2.54. The number of morpholine rings is 1. The van der Waals surface area contributed by atoms with Gasteiger partial charge in [-0.2, -0.15) is 11.8 Å². The maximum atomic E-state index is 12.8. The molecule has 1 heterocycles. The first kappa shape index (κ1) is 22.8. The van der Waals surface area contributed by atoms with Gasteiger partial charge < -0.3 is 14.6 Å². The molecule has 1 aliphatic rings. The van der Waals surface area contributed by atoms with E-state index in [2.05, 4.69) is 0 Å². The van der Waals surface area contributed by atoms with Gasteiger partial charge in [0.25, 0.3) is 0 Å². The van der Waals surface area contributed by atoms with E-state index in [1.807, 2.05) is 45.0 Å². The van der Waals surface area contributed by atoms with Crippen molar-refractivity contribution in [1.82, 2.24) is 4.90 Å². The summed E-state index contributed by atoms with van der Waals surface area (Å²) in [5.41, 5.74) is 0.493. The number of carbonyl (C=O) groups excluding carboxylic acids is 1. The number of nitrogens with zero attached hydrogens (tertiary/aromatic N) is 1. The molecule has 0 saturated carbocycles. The highest BCUT2D eigenvalue weighted by Crippen LogP contribution is 2.22. The van der Waals surface area contributed by atoms with Crippen molar-refractivity contribution < 1.29 is 24.2 Å². The van der Waals surface area contributed by atoms with Gasteiger partial charge in [-0.1, -0.05) is 23.7 Å². The van der Waals surface area contributed by atoms with E-state index in [0.29, 0.717) is 36.1 Å². The van der Waals surface area contributed by atoms with Crippen molar-refractivity contribution in [2.24, 2.45) is 0 Å². The van der Waals surface area contributed by atoms with Crippen molar-refractivity contribution >= 4 is 35.4 Å². The highest BCUT2D eigenvalue weighted by molar-refractivity contribution is 7.99. The first-order valence-electron chi connectivity index (χ1n) is 9.29. The van der Waals surface area contributed by atoms with E-state index >= 15 is 0 Å². The summed E-state index contributed by atoms with van der Waals surface area (Å²) in [6.07, 6.45) is 0.268. The number of halogens is 1. The number of aliphatic carboxylic acids is 1. The van der Waals surface area contributed by atoms with Crippen molar-refractivity contribution in [3.05, 3.63) is 34.9 Å². The van der Waals surface area contributed by atoms with Crippen LogP contribution in [-0.2, 0) is 20.7 Å². The lowest BCUT2D eigenvalue weighted by Gasteiger charge is -2.40. The number of amides is 1. The van der Waals surface area contributed by atoms with Crippen molar-refractivity contribution in [3.8, 4) is 0 Å². The van der Waals surface area contributed by atoms with Gasteiger partial charge in [0.2, 0.25) is 0 Å². The first-order chi connectivity index (χ1) is 13.1. The number of hydrogen-bond acceptors (Lipinski definition) is 5. The lowest BCUT2D eigenvalue weighted by atomic mass is 10.0. The Morgan fingerprint density at radius 2 is 2.00 bits per heavy atom. The Morgan fingerprint density at radius 3 is 2.61 bits per heavy atom. The van der Waals surface area contributed by atoms with Gasteiger partial charge in [-0.05, 0) is 44.9 Å². The van der Waals surface area contributed by atoms with Crippen molar-refractivity contribution in [2.75, 3.05) is 24.7 Å². The van der Waals surface area contributed by atoms with Crippen LogP contribution in [0.2, 0.25) is 5.02 Å². The number of carboxylic acids is 1. The SMILES string of the molecule is CC(C)(C)OC(=O)N1C[C@H](CSCCC(=O)O)OC[C@@H]1Cc1ccc(Cl)cc1. The molecule has 0 radical (unpaired) electrons. The zero-order valence-corrected chi connectivity index (χ0v) is 18.1. The van der Waals surface area contributed by atoms with Crippen LogP contribution in [0.4, 0.5) is 4.79 Å². The van der Waals surface area contributed by atoms with Crippen LogP contribution >= 0.6 is 23.4 Å². The molecule has 0 aliphatic carbocycles. The topological polar surface area (TPSA) is 76.1 Å². The van der Waals surface area contributed by atoms with Crippen molar-refractivity contribution in [2.45, 2.75) is 51.4 Å². The molecule has 8 heteroatoms. The standard InChI is InChI=1S/C20H28ClNO5S/c1-20(2,3)27-19(25)22-11-17(13-28-9-8-18(23)24)26-12-16(22)10-14-4-6-15(21)7-5-14/h4-7,16-17H,8-13H2,1-3H3,(H,23,24)/t16-,17+/m0/s1. The van der Waals surface area contributed by atoms with Crippen LogP contribution < -0.4 is 0 Å². The third kappa shape index (κ3) is 7.89. The molecule has 2 atom stereocenters. The molecule has 1 amide bonds. The second kappa shape index (κ2) is 10.4. The zero-order chi connectivity index (χ0) is 20.7. The second-order valence-electron chi connectivity index (χ2n) is 7.79. The molecule has 156 valence electrons. The van der Waals surface area contributed by atoms with Crippen LogP contribution in [0.3, 0.4) is 0 Å². The number of ether oxygens (including phenoxy) is 2. The van der Waals surface area contributed by atoms with Gasteiger partial charge in [-0.15, -0.1) is 0 Å². The second-order valence-corrected chi connectivity index (χ2v) is 9.38. The van der Waals surface area contributed by atoms with Gasteiger partial charge in [0, 0.05) is 16.5 Å². The molecule has 1 N–H and O–H groups in total. The molecular weight excluding hydrogens is 402 g/mol. The van der Waals surface area contributed by atoms with Crippen LogP contribution in [0, 0.1) is 0 Å². The van der Waals surface area contributed by atoms with Crippen molar-refractivity contribution in [1.29, 1.82) is 0 Å². The molecule has 1 fully saturated rings. The monoisotopic (exact) mass is 429 g/mol. The molecule has 0 bridgehead atoms. The van der Waals surface area contributed by atoms with E-state index < -0.39 is 11.6 Å². The summed E-state index contributed by atoms with van der Waals surface area (Å²) >= 11 is 7.48. The summed E-state index contributed by atoms with van der Waals surface area (Å²) in [7, 11) is 0. The molecule has 6 nitrogen and oxygen atoms in total. The Bertz CT molecular complexity index is 662. The zero-order valence-electron chi connectivity index (χ0n) is 16.5. The highest BCUT2D eigenvalue weighted by atomic mass is 35.5. The minimum absolute atomic E-state index is 0.117. The molecule has 1 saturated heterocycles. The Kier molecular flexibility index (Phi) is 8.46. The Balaban J connectivity index is 2.01. The number of carboxylic acid groups (broad SMARTS) is 1. The van der Waals surface area contributed by atoms with E-state index in [0.717, 1.165) is 5.56 Å². The molecule has 28 heavy (non-hydrogen) atoms. The summed E-state index contributed by atoms with van der Waals surface area (Å²) in [4.78, 5) is 25.2. The van der Waals surface area contributed by atoms with Crippen molar-refractivity contribution in [3.63, 3.8) is 0 Å². The predicted octanol–water partition coefficient (Wildman–Crippen LogP) is 4.09. The fraction of sp³-hybridized carbons (Fsp3) is 0.600. The Hall–Kier alpha value is -1.44. The molecular formula is C20H28ClNO5S. The minimum Gasteiger partial charge on any atom is -0.481 e. The van der Waals surface area contributed by atoms with Gasteiger partial charge in [-0.25, -0.2) is 4.79 Å². The number of thioether (sulfide) groups is 1. The molecule has 0 unspecified atom stereocenters. The highest BCUT2D eigenvalue weighted by Gasteiger charge is 2.35. The maximum absolute atomic E-state index is 12.8. The summed E-state index contributed by atoms with van der Waals surface area (Å²) in [5, 5.41) is 9.42. The maximum Gasteiger partial charge on any atom is 0.410 e. The van der Waals surface area contributed by atoms with Gasteiger partial charge in [0.1, 0.15) is 5.60 Å². The molecule has 2 rings (SSSR count). The quantitative estimate of drug-likeness (QED) is 0.658. The molecule has 0 aromatic heterocycles. The summed E-state index contributed by atoms with van der Waals surface area (Å²) in [6.45, 7) is 6.37. The number of carbonyl (C=O) groups is 2. The number of hydrogen-bond donors (Lipinski definition) is 1. The number of rotatable bonds is 7. The smallest absolute Gasteiger partial charge is 0.410 e. The van der Waals surface area contributed by atoms with E-state index in [1.165, 1.54) is 11.8 Å². The summed E-state index contributed by atoms with van der Waals surface area (Å²) in [6, 6.07) is 7.43. The third-order valence-corrected chi connectivity index (χ3v) is 5.49. The normalized spacial score (nSPS) is 20.1. The van der Waals surface area contributed by atoms with Gasteiger partial charge in [0.15, 0.2) is 0 Å². The molecule has 0 spiro atoms. The summed E-state index contributed by atoms with van der Waals surface area (Å²) < 4.78 is 11.6. The van der Waals surface area contributed by atoms with Gasteiger partial charge >= 0.3 is 12.1 Å². The Labute approximate surface area is 175 Å². The molecule has 1 aromatic carbocycles. The van der Waals surface area contributed by atoms with E-state index in [-0.39, 0.29) is 24.7 Å². The lowest BCUT2D eigenvalue weighted by molar-refractivity contribution is -0.136. The van der Waals surface area contributed by atoms with E-state index in [1.54, 1.807) is 4.90 Å². The van der Waals surface area contributed by atoms with E-state index in [4.69, 9.17) is 26.2 Å². The predicted molar refractivity (Wildman–Crippen MR) is 111 cm³/mol. The van der Waals surface area contributed by atoms with Crippen LogP contribution in [0.5, 0.6) is 0 Å². The fourth-order valence-electron chi connectivity index (χ4n) is 2.84. The number of benzene rings is 1. The first-order valence-corrected chi connectivity index (χ1v) is 10.8. The van der Waals surface area contributed by atoms with Crippen LogP contribution in [-0.4, -0.2) is 64.5 Å². The minimum atomic E-state index is -0.810.